The molecule has 156 valence electrons. The third kappa shape index (κ3) is 9.50. The smallest absolute Gasteiger partial charge is 0.317 e. The van der Waals surface area contributed by atoms with E-state index >= 15 is 0 Å². The van der Waals surface area contributed by atoms with Gasteiger partial charge in [0, 0.05) is 6.54 Å². The minimum Gasteiger partial charge on any atom is -0.480 e. The van der Waals surface area contributed by atoms with Gasteiger partial charge >= 0.3 is 11.9 Å². The third-order valence-electron chi connectivity index (χ3n) is 4.44. The predicted molar refractivity (Wildman–Crippen MR) is 107 cm³/mol. The van der Waals surface area contributed by atoms with E-state index in [0.717, 1.165) is 12.0 Å². The zero-order valence-electron chi connectivity index (χ0n) is 17.0. The van der Waals surface area contributed by atoms with Crippen LogP contribution in [0.15, 0.2) is 24.3 Å². The van der Waals surface area contributed by atoms with Crippen molar-refractivity contribution in [3.05, 3.63) is 35.4 Å². The number of hydrogen-bond acceptors (Lipinski definition) is 4. The molecule has 7 nitrogen and oxygen atoms in total. The average molecular weight is 392 g/mol. The molecule has 28 heavy (non-hydrogen) atoms. The first-order chi connectivity index (χ1) is 13.2. The highest BCUT2D eigenvalue weighted by molar-refractivity contribution is 5.83. The molecule has 0 saturated heterocycles. The van der Waals surface area contributed by atoms with Gasteiger partial charge in [-0.25, -0.2) is 0 Å². The van der Waals surface area contributed by atoms with Gasteiger partial charge < -0.3 is 15.5 Å². The molecule has 0 aliphatic rings. The molecular formula is C21H32N2O5. The van der Waals surface area contributed by atoms with Crippen LogP contribution < -0.4 is 5.32 Å². The second-order valence-corrected chi connectivity index (χ2v) is 7.56. The molecule has 7 heteroatoms. The third-order valence-corrected chi connectivity index (χ3v) is 4.44. The Hall–Kier alpha value is -2.41. The molecule has 0 unspecified atom stereocenters. The van der Waals surface area contributed by atoms with E-state index in [1.807, 2.05) is 19.1 Å². The number of carboxylic acid groups (broad SMARTS) is 2. The number of unbranched alkanes of at least 4 members (excludes halogenated alkanes) is 1. The number of nitrogens with one attached hydrogen (secondary N) is 1. The molecule has 1 amide bonds. The Morgan fingerprint density at radius 1 is 0.964 bits per heavy atom. The maximum absolute atomic E-state index is 12.3. The number of amides is 1. The predicted octanol–water partition coefficient (Wildman–Crippen LogP) is 2.36. The van der Waals surface area contributed by atoms with Gasteiger partial charge in [0.1, 0.15) is 0 Å². The van der Waals surface area contributed by atoms with Crippen LogP contribution in [-0.4, -0.2) is 59.1 Å². The Kier molecular flexibility index (Phi) is 10.2. The van der Waals surface area contributed by atoms with Gasteiger partial charge in [-0.05, 0) is 49.8 Å². The van der Waals surface area contributed by atoms with Crippen molar-refractivity contribution in [1.82, 2.24) is 10.2 Å². The lowest BCUT2D eigenvalue weighted by molar-refractivity contribution is -0.141. The van der Waals surface area contributed by atoms with E-state index in [2.05, 4.69) is 31.3 Å². The number of nitrogens with zero attached hydrogens (tertiary/aromatic N) is 1. The topological polar surface area (TPSA) is 107 Å². The fourth-order valence-electron chi connectivity index (χ4n) is 2.99. The van der Waals surface area contributed by atoms with E-state index in [9.17, 15) is 14.4 Å². The molecule has 1 aromatic rings. The monoisotopic (exact) mass is 392 g/mol. The Morgan fingerprint density at radius 2 is 1.54 bits per heavy atom. The van der Waals surface area contributed by atoms with Crippen molar-refractivity contribution in [3.8, 4) is 0 Å². The van der Waals surface area contributed by atoms with Crippen LogP contribution in [0.3, 0.4) is 0 Å². The number of aliphatic carboxylic acids is 2. The standard InChI is InChI=1S/C21H32N2O5/c1-15(2)12-17-6-8-18(9-7-17)16(3)21(28)22-10-4-5-11-23(13-19(24)25)14-20(26)27/h6-9,15-16H,4-5,10-14H2,1-3H3,(H,22,28)(H,24,25)(H,26,27)/t16-/m0/s1. The van der Waals surface area contributed by atoms with Gasteiger partial charge in [0.25, 0.3) is 0 Å². The summed E-state index contributed by atoms with van der Waals surface area (Å²) >= 11 is 0. The molecule has 0 aliphatic heterocycles. The van der Waals surface area contributed by atoms with E-state index < -0.39 is 11.9 Å². The molecule has 1 aromatic carbocycles. The zero-order chi connectivity index (χ0) is 21.1. The summed E-state index contributed by atoms with van der Waals surface area (Å²) < 4.78 is 0. The maximum Gasteiger partial charge on any atom is 0.317 e. The van der Waals surface area contributed by atoms with Crippen LogP contribution in [0, 0.1) is 5.92 Å². The summed E-state index contributed by atoms with van der Waals surface area (Å²) in [6.07, 6.45) is 2.28. The van der Waals surface area contributed by atoms with Gasteiger partial charge in [0.05, 0.1) is 19.0 Å². The first-order valence-electron chi connectivity index (χ1n) is 9.71. The fraction of sp³-hybridized carbons (Fsp3) is 0.571. The van der Waals surface area contributed by atoms with Gasteiger partial charge in [0.15, 0.2) is 0 Å². The summed E-state index contributed by atoms with van der Waals surface area (Å²) in [5.74, 6) is -1.81. The number of carbonyl (C=O) groups is 3. The Labute approximate surface area is 166 Å². The second-order valence-electron chi connectivity index (χ2n) is 7.56. The zero-order valence-corrected chi connectivity index (χ0v) is 17.0. The van der Waals surface area contributed by atoms with E-state index in [0.29, 0.717) is 31.8 Å². The number of carbonyl (C=O) groups excluding carboxylic acids is 1. The average Bonchev–Trinajstić information content (AvgIpc) is 2.59. The van der Waals surface area contributed by atoms with Crippen LogP contribution in [0.1, 0.15) is 50.7 Å². The van der Waals surface area contributed by atoms with Crippen molar-refractivity contribution >= 4 is 17.8 Å². The summed E-state index contributed by atoms with van der Waals surface area (Å²) in [5, 5.41) is 20.5. The van der Waals surface area contributed by atoms with Crippen LogP contribution in [0.5, 0.6) is 0 Å². The number of hydrogen-bond donors (Lipinski definition) is 3. The summed E-state index contributed by atoms with van der Waals surface area (Å²) in [6, 6.07) is 8.13. The first kappa shape index (κ1) is 23.6. The van der Waals surface area contributed by atoms with Crippen LogP contribution in [-0.2, 0) is 20.8 Å². The summed E-state index contributed by atoms with van der Waals surface area (Å²) in [4.78, 5) is 35.2. The summed E-state index contributed by atoms with van der Waals surface area (Å²) in [6.45, 7) is 6.45. The Balaban J connectivity index is 2.36. The van der Waals surface area contributed by atoms with Crippen LogP contribution in [0.4, 0.5) is 0 Å². The van der Waals surface area contributed by atoms with Crippen LogP contribution in [0.2, 0.25) is 0 Å². The van der Waals surface area contributed by atoms with Gasteiger partial charge in [0.2, 0.25) is 5.91 Å². The first-order valence-corrected chi connectivity index (χ1v) is 9.71. The maximum atomic E-state index is 12.3. The largest absolute Gasteiger partial charge is 0.480 e. The van der Waals surface area contributed by atoms with Gasteiger partial charge in [-0.3, -0.25) is 19.3 Å². The molecule has 0 radical (unpaired) electrons. The van der Waals surface area contributed by atoms with Crippen LogP contribution >= 0.6 is 0 Å². The number of benzene rings is 1. The molecule has 0 spiro atoms. The second kappa shape index (κ2) is 12.1. The molecule has 0 saturated carbocycles. The lowest BCUT2D eigenvalue weighted by Gasteiger charge is -2.18. The molecule has 0 aromatic heterocycles. The van der Waals surface area contributed by atoms with Gasteiger partial charge in [-0.15, -0.1) is 0 Å². The van der Waals surface area contributed by atoms with Crippen molar-refractivity contribution in [1.29, 1.82) is 0 Å². The highest BCUT2D eigenvalue weighted by Gasteiger charge is 2.15. The molecular weight excluding hydrogens is 360 g/mol. The molecule has 0 heterocycles. The summed E-state index contributed by atoms with van der Waals surface area (Å²) in [5.41, 5.74) is 2.23. The van der Waals surface area contributed by atoms with E-state index in [1.54, 1.807) is 0 Å². The van der Waals surface area contributed by atoms with E-state index in [4.69, 9.17) is 10.2 Å². The lowest BCUT2D eigenvalue weighted by Crippen LogP contribution is -2.35. The normalized spacial score (nSPS) is 12.2. The van der Waals surface area contributed by atoms with Crippen molar-refractivity contribution < 1.29 is 24.6 Å². The number of carboxylic acids is 2. The van der Waals surface area contributed by atoms with E-state index in [1.165, 1.54) is 10.5 Å². The Morgan fingerprint density at radius 3 is 2.04 bits per heavy atom. The lowest BCUT2D eigenvalue weighted by atomic mass is 9.96. The molecule has 0 bridgehead atoms. The molecule has 3 N–H and O–H groups in total. The highest BCUT2D eigenvalue weighted by Crippen LogP contribution is 2.17. The highest BCUT2D eigenvalue weighted by atomic mass is 16.4. The molecule has 1 atom stereocenters. The Bertz CT molecular complexity index is 627. The van der Waals surface area contributed by atoms with Crippen molar-refractivity contribution in [3.63, 3.8) is 0 Å². The van der Waals surface area contributed by atoms with Gasteiger partial charge in [-0.2, -0.15) is 0 Å². The molecule has 1 rings (SSSR count). The van der Waals surface area contributed by atoms with Crippen molar-refractivity contribution in [2.24, 2.45) is 5.92 Å². The number of rotatable bonds is 13. The van der Waals surface area contributed by atoms with Gasteiger partial charge in [-0.1, -0.05) is 38.1 Å². The quantitative estimate of drug-likeness (QED) is 0.445. The molecule has 0 fully saturated rings. The fourth-order valence-corrected chi connectivity index (χ4v) is 2.99. The van der Waals surface area contributed by atoms with Crippen LogP contribution in [0.25, 0.3) is 0 Å². The van der Waals surface area contributed by atoms with Crippen molar-refractivity contribution in [2.75, 3.05) is 26.2 Å². The van der Waals surface area contributed by atoms with E-state index in [-0.39, 0.29) is 24.9 Å². The SMILES string of the molecule is CC(C)Cc1ccc([C@H](C)C(=O)NCCCCN(CC(=O)O)CC(=O)O)cc1. The molecule has 0 aliphatic carbocycles. The minimum atomic E-state index is -1.05. The summed E-state index contributed by atoms with van der Waals surface area (Å²) in [7, 11) is 0. The van der Waals surface area contributed by atoms with Crippen molar-refractivity contribution in [2.45, 2.75) is 46.0 Å². The minimum absolute atomic E-state index is 0.0514.